The monoisotopic (exact) mass is 414 g/mol. The number of likely N-dealkylation sites (tertiary alicyclic amines) is 1. The van der Waals surface area contributed by atoms with Crippen LogP contribution in [0.1, 0.15) is 72.6 Å². The first-order valence-electron chi connectivity index (χ1n) is 11.3. The summed E-state index contributed by atoms with van der Waals surface area (Å²) in [5, 5.41) is 3.20. The van der Waals surface area contributed by atoms with E-state index >= 15 is 0 Å². The molecule has 0 spiro atoms. The lowest BCUT2D eigenvalue weighted by Gasteiger charge is -2.47. The Hall–Kier alpha value is -2.08. The first-order valence-corrected chi connectivity index (χ1v) is 11.3. The van der Waals surface area contributed by atoms with Crippen molar-refractivity contribution >= 4 is 11.7 Å². The van der Waals surface area contributed by atoms with Crippen molar-refractivity contribution in [2.45, 2.75) is 64.0 Å². The third-order valence-corrected chi connectivity index (χ3v) is 7.39. The van der Waals surface area contributed by atoms with Crippen molar-refractivity contribution in [1.29, 1.82) is 0 Å². The van der Waals surface area contributed by atoms with Crippen LogP contribution in [0.3, 0.4) is 0 Å². The molecule has 1 unspecified atom stereocenters. The van der Waals surface area contributed by atoms with Crippen LogP contribution in [-0.4, -0.2) is 56.0 Å². The number of benzene rings is 1. The molecule has 164 valence electrons. The maximum atomic E-state index is 13.1. The van der Waals surface area contributed by atoms with E-state index in [2.05, 4.69) is 10.2 Å². The molecule has 2 aliphatic carbocycles. The summed E-state index contributed by atoms with van der Waals surface area (Å²) in [7, 11) is 3.03. The summed E-state index contributed by atoms with van der Waals surface area (Å²) in [6.07, 6.45) is 9.21. The predicted molar refractivity (Wildman–Crippen MR) is 115 cm³/mol. The number of hydrogen-bond acceptors (Lipinski definition) is 5. The Labute approximate surface area is 179 Å². The molecule has 30 heavy (non-hydrogen) atoms. The van der Waals surface area contributed by atoms with Crippen molar-refractivity contribution in [3.8, 4) is 11.5 Å². The molecule has 1 amide bonds. The minimum absolute atomic E-state index is 0.132. The van der Waals surface area contributed by atoms with Gasteiger partial charge < -0.3 is 14.8 Å². The van der Waals surface area contributed by atoms with Gasteiger partial charge in [-0.25, -0.2) is 0 Å². The number of ketones is 1. The van der Waals surface area contributed by atoms with Crippen LogP contribution in [0.2, 0.25) is 0 Å². The zero-order valence-corrected chi connectivity index (χ0v) is 18.4. The normalized spacial score (nSPS) is 28.8. The third kappa shape index (κ3) is 4.07. The Morgan fingerprint density at radius 1 is 0.933 bits per heavy atom. The van der Waals surface area contributed by atoms with E-state index in [-0.39, 0.29) is 17.7 Å². The predicted octanol–water partition coefficient (Wildman–Crippen LogP) is 3.68. The highest BCUT2D eigenvalue weighted by Crippen LogP contribution is 2.43. The molecule has 0 aromatic heterocycles. The molecule has 3 aliphatic rings. The minimum atomic E-state index is -0.187. The highest BCUT2D eigenvalue weighted by atomic mass is 16.5. The number of amides is 1. The van der Waals surface area contributed by atoms with Gasteiger partial charge in [0.1, 0.15) is 11.5 Å². The SMILES string of the molecule is COc1cc(OC)c(C(=O)NC2CCN(C3C4CCCC3CCC4)C2)cc1C(C)=O. The van der Waals surface area contributed by atoms with Crippen LogP contribution in [0.25, 0.3) is 0 Å². The van der Waals surface area contributed by atoms with Crippen LogP contribution >= 0.6 is 0 Å². The fourth-order valence-corrected chi connectivity index (χ4v) is 6.03. The number of Topliss-reactive ketones (excluding diaryl/α,β-unsaturated/α-hetero) is 1. The van der Waals surface area contributed by atoms with Crippen molar-refractivity contribution in [3.05, 3.63) is 23.3 Å². The van der Waals surface area contributed by atoms with Gasteiger partial charge in [-0.3, -0.25) is 14.5 Å². The maximum absolute atomic E-state index is 13.1. The Balaban J connectivity index is 1.46. The summed E-state index contributed by atoms with van der Waals surface area (Å²) >= 11 is 0. The number of fused-ring (bicyclic) bond motifs is 2. The van der Waals surface area contributed by atoms with Crippen molar-refractivity contribution in [1.82, 2.24) is 10.2 Å². The van der Waals surface area contributed by atoms with E-state index in [4.69, 9.17) is 9.47 Å². The molecule has 1 saturated heterocycles. The number of nitrogens with one attached hydrogen (secondary N) is 1. The number of methoxy groups -OCH3 is 2. The minimum Gasteiger partial charge on any atom is -0.496 e. The number of ether oxygens (including phenoxy) is 2. The molecule has 2 bridgehead atoms. The van der Waals surface area contributed by atoms with Crippen molar-refractivity contribution in [3.63, 3.8) is 0 Å². The van der Waals surface area contributed by atoms with Gasteiger partial charge in [0.05, 0.1) is 25.3 Å². The smallest absolute Gasteiger partial charge is 0.255 e. The molecule has 3 fully saturated rings. The van der Waals surface area contributed by atoms with Gasteiger partial charge in [0.15, 0.2) is 5.78 Å². The molecule has 6 heteroatoms. The van der Waals surface area contributed by atoms with E-state index in [0.29, 0.717) is 28.7 Å². The van der Waals surface area contributed by atoms with Crippen LogP contribution in [0.15, 0.2) is 12.1 Å². The molecular weight excluding hydrogens is 380 g/mol. The quantitative estimate of drug-likeness (QED) is 0.719. The zero-order valence-electron chi connectivity index (χ0n) is 18.4. The van der Waals surface area contributed by atoms with Crippen LogP contribution in [0.5, 0.6) is 11.5 Å². The van der Waals surface area contributed by atoms with Gasteiger partial charge in [0.2, 0.25) is 0 Å². The Morgan fingerprint density at radius 2 is 1.53 bits per heavy atom. The summed E-state index contributed by atoms with van der Waals surface area (Å²) in [6, 6.07) is 4.05. The second-order valence-corrected chi connectivity index (χ2v) is 9.14. The number of rotatable bonds is 6. The third-order valence-electron chi connectivity index (χ3n) is 7.39. The fraction of sp³-hybridized carbons (Fsp3) is 0.667. The summed E-state index contributed by atoms with van der Waals surface area (Å²) in [6.45, 7) is 3.45. The van der Waals surface area contributed by atoms with E-state index in [1.165, 1.54) is 59.7 Å². The second kappa shape index (κ2) is 8.96. The summed E-state index contributed by atoms with van der Waals surface area (Å²) < 4.78 is 10.7. The van der Waals surface area contributed by atoms with E-state index in [9.17, 15) is 9.59 Å². The summed E-state index contributed by atoms with van der Waals surface area (Å²) in [4.78, 5) is 27.7. The largest absolute Gasteiger partial charge is 0.496 e. The lowest BCUT2D eigenvalue weighted by atomic mass is 9.68. The van der Waals surface area contributed by atoms with Gasteiger partial charge in [0, 0.05) is 31.2 Å². The Bertz CT molecular complexity index is 787. The molecule has 2 saturated carbocycles. The number of hydrogen-bond donors (Lipinski definition) is 1. The molecule has 1 heterocycles. The van der Waals surface area contributed by atoms with Gasteiger partial charge in [0.25, 0.3) is 5.91 Å². The van der Waals surface area contributed by atoms with E-state index in [1.54, 1.807) is 12.1 Å². The first kappa shape index (κ1) is 21.2. The van der Waals surface area contributed by atoms with E-state index in [0.717, 1.165) is 31.3 Å². The first-order chi connectivity index (χ1) is 14.5. The van der Waals surface area contributed by atoms with Crippen LogP contribution in [0, 0.1) is 11.8 Å². The summed E-state index contributed by atoms with van der Waals surface area (Å²) in [5.74, 6) is 2.20. The molecule has 4 rings (SSSR count). The van der Waals surface area contributed by atoms with Gasteiger partial charge in [-0.2, -0.15) is 0 Å². The Kier molecular flexibility index (Phi) is 6.32. The molecule has 6 nitrogen and oxygen atoms in total. The van der Waals surface area contributed by atoms with Gasteiger partial charge in [-0.15, -0.1) is 0 Å². The molecule has 1 aromatic rings. The molecule has 0 radical (unpaired) electrons. The lowest BCUT2D eigenvalue weighted by Crippen LogP contribution is -2.50. The number of carbonyl (C=O) groups is 2. The molecule has 1 aliphatic heterocycles. The fourth-order valence-electron chi connectivity index (χ4n) is 6.03. The average molecular weight is 415 g/mol. The van der Waals surface area contributed by atoms with Crippen LogP contribution in [0.4, 0.5) is 0 Å². The molecule has 1 atom stereocenters. The van der Waals surface area contributed by atoms with Crippen LogP contribution in [-0.2, 0) is 0 Å². The van der Waals surface area contributed by atoms with Crippen molar-refractivity contribution in [2.24, 2.45) is 11.8 Å². The lowest BCUT2D eigenvalue weighted by molar-refractivity contribution is 0.0346. The Morgan fingerprint density at radius 3 is 2.10 bits per heavy atom. The number of nitrogens with zero attached hydrogens (tertiary/aromatic N) is 1. The van der Waals surface area contributed by atoms with E-state index in [1.807, 2.05) is 0 Å². The van der Waals surface area contributed by atoms with E-state index < -0.39 is 0 Å². The molecule has 1 aromatic carbocycles. The number of carbonyl (C=O) groups excluding carboxylic acids is 2. The highest BCUT2D eigenvalue weighted by Gasteiger charge is 2.42. The maximum Gasteiger partial charge on any atom is 0.255 e. The van der Waals surface area contributed by atoms with Crippen molar-refractivity contribution < 1.29 is 19.1 Å². The van der Waals surface area contributed by atoms with Crippen LogP contribution < -0.4 is 14.8 Å². The summed E-state index contributed by atoms with van der Waals surface area (Å²) in [5.41, 5.74) is 0.781. The van der Waals surface area contributed by atoms with Crippen molar-refractivity contribution in [2.75, 3.05) is 27.3 Å². The molecule has 1 N–H and O–H groups in total. The topological polar surface area (TPSA) is 67.9 Å². The zero-order chi connectivity index (χ0) is 21.3. The standard InChI is InChI=1S/C24H34N2O4/c1-15(27)19-12-20(22(30-3)13-21(19)29-2)24(28)25-18-10-11-26(14-18)23-16-6-4-7-17(23)9-5-8-16/h12-13,16-18,23H,4-11,14H2,1-3H3,(H,25,28). The second-order valence-electron chi connectivity index (χ2n) is 9.14. The van der Waals surface area contributed by atoms with Gasteiger partial charge in [-0.05, 0) is 56.9 Å². The van der Waals surface area contributed by atoms with Gasteiger partial charge in [-0.1, -0.05) is 12.8 Å². The highest BCUT2D eigenvalue weighted by molar-refractivity contribution is 6.03. The molecular formula is C24H34N2O4. The average Bonchev–Trinajstić information content (AvgIpc) is 3.20. The van der Waals surface area contributed by atoms with Gasteiger partial charge >= 0.3 is 0 Å².